The Morgan fingerprint density at radius 3 is 1.95 bits per heavy atom. The summed E-state index contributed by atoms with van der Waals surface area (Å²) in [5.74, 6) is 2.74. The van der Waals surface area contributed by atoms with Gasteiger partial charge in [0.15, 0.2) is 0 Å². The highest BCUT2D eigenvalue weighted by atomic mass is 19.3. The molecule has 4 rings (SSSR count). The number of hydrogen-bond acceptors (Lipinski definition) is 2. The minimum atomic E-state index is -2.23. The molecule has 0 spiro atoms. The highest BCUT2D eigenvalue weighted by Gasteiger charge is 2.53. The summed E-state index contributed by atoms with van der Waals surface area (Å²) in [6, 6.07) is 0.375. The van der Waals surface area contributed by atoms with Crippen LogP contribution in [-0.4, -0.2) is 44.6 Å². The quantitative estimate of drug-likeness (QED) is 0.807. The molecule has 0 aliphatic heterocycles. The number of alkyl halides is 2. The van der Waals surface area contributed by atoms with Crippen molar-refractivity contribution in [3.8, 4) is 0 Å². The lowest BCUT2D eigenvalue weighted by Gasteiger charge is -2.59. The maximum Gasteiger partial charge on any atom is 0.251 e. The van der Waals surface area contributed by atoms with Crippen molar-refractivity contribution in [2.24, 2.45) is 23.2 Å². The van der Waals surface area contributed by atoms with Crippen molar-refractivity contribution in [2.75, 3.05) is 27.2 Å². The van der Waals surface area contributed by atoms with Crippen molar-refractivity contribution < 1.29 is 8.78 Å². The fourth-order valence-electron chi connectivity index (χ4n) is 5.82. The second-order valence-electron chi connectivity index (χ2n) is 7.73. The zero-order chi connectivity index (χ0) is 14.3. The fourth-order valence-corrected chi connectivity index (χ4v) is 5.82. The molecule has 0 aromatic heterocycles. The highest BCUT2D eigenvalue weighted by molar-refractivity contribution is 5.06. The molecule has 4 saturated carbocycles. The van der Waals surface area contributed by atoms with Gasteiger partial charge in [0.25, 0.3) is 6.43 Å². The van der Waals surface area contributed by atoms with E-state index in [1.165, 1.54) is 38.5 Å². The van der Waals surface area contributed by atoms with Crippen LogP contribution in [0.2, 0.25) is 0 Å². The number of hydrogen-bond donors (Lipinski definition) is 1. The second kappa shape index (κ2) is 5.53. The normalized spacial score (nSPS) is 40.8. The van der Waals surface area contributed by atoms with Crippen molar-refractivity contribution in [3.63, 3.8) is 0 Å². The van der Waals surface area contributed by atoms with Crippen molar-refractivity contribution in [3.05, 3.63) is 0 Å². The fraction of sp³-hybridized carbons (Fsp3) is 1.00. The summed E-state index contributed by atoms with van der Waals surface area (Å²) >= 11 is 0. The van der Waals surface area contributed by atoms with Gasteiger partial charge in [-0.15, -0.1) is 0 Å². The number of likely N-dealkylation sites (N-methyl/N-ethyl adjacent to an activating group) is 2. The van der Waals surface area contributed by atoms with E-state index >= 15 is 0 Å². The Bertz CT molecular complexity index is 310. The molecule has 4 aliphatic carbocycles. The van der Waals surface area contributed by atoms with E-state index in [2.05, 4.69) is 5.32 Å². The van der Waals surface area contributed by atoms with Crippen LogP contribution < -0.4 is 5.32 Å². The van der Waals surface area contributed by atoms with Gasteiger partial charge in [-0.25, -0.2) is 8.78 Å². The monoisotopic (exact) mass is 286 g/mol. The molecule has 1 atom stereocenters. The van der Waals surface area contributed by atoms with Gasteiger partial charge in [-0.1, -0.05) is 0 Å². The van der Waals surface area contributed by atoms with Crippen LogP contribution in [0.5, 0.6) is 0 Å². The number of rotatable bonds is 6. The molecule has 1 N–H and O–H groups in total. The standard InChI is InChI=1S/C16H28F2N2/c1-19-14(9-20(2)10-15(17)18)16-6-11-3-12(7-16)5-13(4-11)8-16/h11-15,19H,3-10H2,1-2H3. The van der Waals surface area contributed by atoms with Gasteiger partial charge >= 0.3 is 0 Å². The molecule has 116 valence electrons. The van der Waals surface area contributed by atoms with Gasteiger partial charge in [0.1, 0.15) is 0 Å². The van der Waals surface area contributed by atoms with Gasteiger partial charge in [0.05, 0.1) is 6.54 Å². The molecule has 4 heteroatoms. The van der Waals surface area contributed by atoms with Crippen LogP contribution in [0, 0.1) is 23.2 Å². The van der Waals surface area contributed by atoms with E-state index in [4.69, 9.17) is 0 Å². The van der Waals surface area contributed by atoms with E-state index in [9.17, 15) is 8.78 Å². The predicted molar refractivity (Wildman–Crippen MR) is 77.0 cm³/mol. The van der Waals surface area contributed by atoms with E-state index in [-0.39, 0.29) is 6.54 Å². The van der Waals surface area contributed by atoms with Crippen LogP contribution in [0.25, 0.3) is 0 Å². The van der Waals surface area contributed by atoms with Gasteiger partial charge in [0, 0.05) is 12.6 Å². The molecule has 0 aromatic carbocycles. The lowest BCUT2D eigenvalue weighted by molar-refractivity contribution is -0.0779. The van der Waals surface area contributed by atoms with Gasteiger partial charge in [0.2, 0.25) is 0 Å². The molecule has 0 radical (unpaired) electrons. The van der Waals surface area contributed by atoms with E-state index in [1.54, 1.807) is 0 Å². The summed E-state index contributed by atoms with van der Waals surface area (Å²) in [4.78, 5) is 1.81. The van der Waals surface area contributed by atoms with Crippen molar-refractivity contribution >= 4 is 0 Å². The third kappa shape index (κ3) is 2.74. The second-order valence-corrected chi connectivity index (χ2v) is 7.73. The van der Waals surface area contributed by atoms with E-state index in [0.29, 0.717) is 11.5 Å². The summed E-state index contributed by atoms with van der Waals surface area (Å²) in [6.07, 6.45) is 6.05. The Balaban J connectivity index is 1.69. The third-order valence-corrected chi connectivity index (χ3v) is 6.12. The third-order valence-electron chi connectivity index (χ3n) is 6.12. The smallest absolute Gasteiger partial charge is 0.251 e. The number of nitrogens with one attached hydrogen (secondary N) is 1. The number of halogens is 2. The Morgan fingerprint density at radius 1 is 1.05 bits per heavy atom. The van der Waals surface area contributed by atoms with Crippen LogP contribution in [0.1, 0.15) is 38.5 Å². The van der Waals surface area contributed by atoms with Crippen LogP contribution in [-0.2, 0) is 0 Å². The van der Waals surface area contributed by atoms with E-state index < -0.39 is 6.43 Å². The lowest BCUT2D eigenvalue weighted by atomic mass is 9.47. The molecule has 4 bridgehead atoms. The van der Waals surface area contributed by atoms with Crippen molar-refractivity contribution in [2.45, 2.75) is 51.0 Å². The molecule has 1 unspecified atom stereocenters. The number of nitrogens with zero attached hydrogens (tertiary/aromatic N) is 1. The summed E-state index contributed by atoms with van der Waals surface area (Å²) in [5.41, 5.74) is 0.389. The first-order valence-corrected chi connectivity index (χ1v) is 8.14. The minimum absolute atomic E-state index is 0.107. The van der Waals surface area contributed by atoms with Crippen LogP contribution >= 0.6 is 0 Å². The molecular formula is C16H28F2N2. The van der Waals surface area contributed by atoms with Gasteiger partial charge in [-0.2, -0.15) is 0 Å². The minimum Gasteiger partial charge on any atom is -0.315 e. The molecule has 0 saturated heterocycles. The Morgan fingerprint density at radius 2 is 1.55 bits per heavy atom. The molecule has 2 nitrogen and oxygen atoms in total. The Hall–Kier alpha value is -0.220. The lowest BCUT2D eigenvalue weighted by Crippen LogP contribution is -2.58. The van der Waals surface area contributed by atoms with E-state index in [1.807, 2.05) is 19.0 Å². The maximum atomic E-state index is 12.5. The molecule has 0 amide bonds. The predicted octanol–water partition coefficient (Wildman–Crippen LogP) is 2.99. The van der Waals surface area contributed by atoms with Crippen LogP contribution in [0.4, 0.5) is 8.78 Å². The summed E-state index contributed by atoms with van der Waals surface area (Å²) in [6.45, 7) is 0.650. The summed E-state index contributed by atoms with van der Waals surface area (Å²) < 4.78 is 25.1. The van der Waals surface area contributed by atoms with Crippen molar-refractivity contribution in [1.29, 1.82) is 0 Å². The average Bonchev–Trinajstić information content (AvgIpc) is 2.33. The molecule has 0 heterocycles. The molecule has 0 aromatic rings. The molecule has 4 fully saturated rings. The summed E-state index contributed by atoms with van der Waals surface area (Å²) in [5, 5.41) is 3.48. The molecule has 4 aliphatic rings. The zero-order valence-corrected chi connectivity index (χ0v) is 12.7. The first kappa shape index (κ1) is 14.7. The Kier molecular flexibility index (Phi) is 4.06. The Labute approximate surface area is 121 Å². The van der Waals surface area contributed by atoms with Gasteiger partial charge < -0.3 is 5.32 Å². The van der Waals surface area contributed by atoms with Crippen molar-refractivity contribution in [1.82, 2.24) is 10.2 Å². The zero-order valence-electron chi connectivity index (χ0n) is 12.7. The average molecular weight is 286 g/mol. The van der Waals surface area contributed by atoms with Crippen LogP contribution in [0.15, 0.2) is 0 Å². The van der Waals surface area contributed by atoms with Gasteiger partial charge in [-0.05, 0) is 75.8 Å². The highest BCUT2D eigenvalue weighted by Crippen LogP contribution is 2.61. The largest absolute Gasteiger partial charge is 0.315 e. The summed E-state index contributed by atoms with van der Waals surface area (Å²) in [7, 11) is 3.84. The molecule has 20 heavy (non-hydrogen) atoms. The maximum absolute atomic E-state index is 12.5. The van der Waals surface area contributed by atoms with E-state index in [0.717, 1.165) is 24.3 Å². The van der Waals surface area contributed by atoms with Crippen LogP contribution in [0.3, 0.4) is 0 Å². The molecular weight excluding hydrogens is 258 g/mol. The first-order chi connectivity index (χ1) is 9.50. The van der Waals surface area contributed by atoms with Gasteiger partial charge in [-0.3, -0.25) is 4.90 Å². The SMILES string of the molecule is CNC(CN(C)CC(F)F)C12CC3CC(CC(C3)C1)C2. The first-order valence-electron chi connectivity index (χ1n) is 8.14. The topological polar surface area (TPSA) is 15.3 Å².